The number of carbonyl (C=O) groups is 1. The predicted octanol–water partition coefficient (Wildman–Crippen LogP) is 6.45. The van der Waals surface area contributed by atoms with Crippen molar-refractivity contribution in [1.29, 1.82) is 0 Å². The first-order chi connectivity index (χ1) is 15.2. The molecule has 0 aliphatic carbocycles. The molecule has 2 aromatic rings. The lowest BCUT2D eigenvalue weighted by molar-refractivity contribution is -0.138. The molecule has 0 spiro atoms. The van der Waals surface area contributed by atoms with Gasteiger partial charge in [-0.2, -0.15) is 31.4 Å². The number of rotatable bonds is 5. The molecule has 178 valence electrons. The maximum absolute atomic E-state index is 13.0. The maximum atomic E-state index is 13.0. The quantitative estimate of drug-likeness (QED) is 0.488. The molecule has 33 heavy (non-hydrogen) atoms. The van der Waals surface area contributed by atoms with Crippen molar-refractivity contribution in [2.75, 3.05) is 18.4 Å². The summed E-state index contributed by atoms with van der Waals surface area (Å²) < 4.78 is 77.1. The summed E-state index contributed by atoms with van der Waals surface area (Å²) in [5.41, 5.74) is -1.20. The topological polar surface area (TPSA) is 44.7 Å². The largest absolute Gasteiger partial charge is 0.417 e. The second-order valence-electron chi connectivity index (χ2n) is 8.00. The summed E-state index contributed by atoms with van der Waals surface area (Å²) in [6.07, 6.45) is -8.46. The number of hydrogen-bond acceptors (Lipinski definition) is 3. The first kappa shape index (κ1) is 24.9. The average Bonchev–Trinajstić information content (AvgIpc) is 3.03. The van der Waals surface area contributed by atoms with Crippen LogP contribution in [0.2, 0.25) is 5.02 Å². The first-order valence-corrected chi connectivity index (χ1v) is 10.3. The summed E-state index contributed by atoms with van der Waals surface area (Å²) in [5.74, 6) is -0.497. The number of hydrogen-bond donors (Lipinski definition) is 1. The van der Waals surface area contributed by atoms with Crippen molar-refractivity contribution < 1.29 is 31.1 Å². The lowest BCUT2D eigenvalue weighted by atomic mass is 9.80. The van der Waals surface area contributed by atoms with Crippen LogP contribution in [0.5, 0.6) is 0 Å². The van der Waals surface area contributed by atoms with Gasteiger partial charge in [-0.1, -0.05) is 31.5 Å². The fraction of sp³-hybridized carbons (Fsp3) is 0.364. The Labute approximate surface area is 191 Å². The highest BCUT2D eigenvalue weighted by molar-refractivity contribution is 6.32. The molecule has 3 rings (SSSR count). The molecule has 2 aromatic carbocycles. The van der Waals surface area contributed by atoms with Gasteiger partial charge >= 0.3 is 12.4 Å². The van der Waals surface area contributed by atoms with Crippen molar-refractivity contribution in [3.05, 3.63) is 64.2 Å². The van der Waals surface area contributed by atoms with Crippen LogP contribution in [0, 0.1) is 5.41 Å². The molecule has 0 saturated heterocycles. The lowest BCUT2D eigenvalue weighted by Gasteiger charge is -2.25. The summed E-state index contributed by atoms with van der Waals surface area (Å²) in [4.78, 5) is 12.4. The van der Waals surface area contributed by atoms with E-state index in [4.69, 9.17) is 11.6 Å². The molecule has 1 unspecified atom stereocenters. The standard InChI is InChI=1S/C22H20ClF6N3O/c1-3-20(2)12-32(11-18(33)30-15-7-5-14(6-8-15)21(24,25)26)31-19(20)13-4-9-16(17(23)10-13)22(27,28)29/h4-10H,3,11-12H2,1-2H3,(H,30,33). The Morgan fingerprint density at radius 3 is 2.24 bits per heavy atom. The van der Waals surface area contributed by atoms with Gasteiger partial charge in [0.2, 0.25) is 5.91 Å². The third-order valence-electron chi connectivity index (χ3n) is 5.49. The van der Waals surface area contributed by atoms with Gasteiger partial charge in [0, 0.05) is 17.6 Å². The molecule has 1 heterocycles. The third kappa shape index (κ3) is 5.61. The number of hydrazone groups is 1. The molecule has 4 nitrogen and oxygen atoms in total. The monoisotopic (exact) mass is 491 g/mol. The predicted molar refractivity (Wildman–Crippen MR) is 113 cm³/mol. The van der Waals surface area contributed by atoms with Gasteiger partial charge in [0.25, 0.3) is 0 Å². The fourth-order valence-corrected chi connectivity index (χ4v) is 3.84. The minimum Gasteiger partial charge on any atom is -0.324 e. The molecule has 1 aliphatic rings. The van der Waals surface area contributed by atoms with Crippen LogP contribution in [0.3, 0.4) is 0 Å². The summed E-state index contributed by atoms with van der Waals surface area (Å²) >= 11 is 5.86. The molecule has 1 aliphatic heterocycles. The highest BCUT2D eigenvalue weighted by Gasteiger charge is 2.39. The van der Waals surface area contributed by atoms with Gasteiger partial charge in [0.05, 0.1) is 21.9 Å². The van der Waals surface area contributed by atoms with Crippen LogP contribution in [0.25, 0.3) is 0 Å². The van der Waals surface area contributed by atoms with Crippen molar-refractivity contribution >= 4 is 28.9 Å². The summed E-state index contributed by atoms with van der Waals surface area (Å²) in [5, 5.41) is 7.99. The Balaban J connectivity index is 1.76. The van der Waals surface area contributed by atoms with E-state index in [0.717, 1.165) is 30.3 Å². The van der Waals surface area contributed by atoms with Gasteiger partial charge in [-0.3, -0.25) is 9.80 Å². The molecule has 0 saturated carbocycles. The maximum Gasteiger partial charge on any atom is 0.417 e. The molecule has 0 aromatic heterocycles. The number of nitrogens with one attached hydrogen (secondary N) is 1. The highest BCUT2D eigenvalue weighted by atomic mass is 35.5. The van der Waals surface area contributed by atoms with E-state index in [1.807, 2.05) is 13.8 Å². The molecular weight excluding hydrogens is 472 g/mol. The van der Waals surface area contributed by atoms with Gasteiger partial charge in [0.15, 0.2) is 0 Å². The zero-order valence-corrected chi connectivity index (χ0v) is 18.4. The van der Waals surface area contributed by atoms with Crippen LogP contribution in [0.4, 0.5) is 32.0 Å². The number of nitrogens with zero attached hydrogens (tertiary/aromatic N) is 2. The molecule has 1 amide bonds. The minimum absolute atomic E-state index is 0.186. The van der Waals surface area contributed by atoms with E-state index in [-0.39, 0.29) is 12.2 Å². The van der Waals surface area contributed by atoms with Crippen LogP contribution in [-0.2, 0) is 17.1 Å². The first-order valence-electron chi connectivity index (χ1n) is 9.91. The van der Waals surface area contributed by atoms with Gasteiger partial charge < -0.3 is 5.32 Å². The Morgan fingerprint density at radius 2 is 1.73 bits per heavy atom. The van der Waals surface area contributed by atoms with Crippen molar-refractivity contribution in [2.45, 2.75) is 32.6 Å². The number of halogens is 7. The highest BCUT2D eigenvalue weighted by Crippen LogP contribution is 2.38. The molecule has 0 fully saturated rings. The minimum atomic E-state index is -4.58. The Hall–Kier alpha value is -2.75. The number of anilines is 1. The summed E-state index contributed by atoms with van der Waals surface area (Å²) in [7, 11) is 0. The van der Waals surface area contributed by atoms with Gasteiger partial charge in [-0.25, -0.2) is 0 Å². The number of amides is 1. The normalized spacial score (nSPS) is 18.9. The number of carbonyl (C=O) groups excluding carboxylic acids is 1. The molecule has 0 radical (unpaired) electrons. The van der Waals surface area contributed by atoms with Crippen LogP contribution in [-0.4, -0.2) is 29.7 Å². The zero-order chi connectivity index (χ0) is 24.6. The average molecular weight is 492 g/mol. The SMILES string of the molecule is CCC1(C)CN(CC(=O)Nc2ccc(C(F)(F)F)cc2)N=C1c1ccc(C(F)(F)F)c(Cl)c1. The van der Waals surface area contributed by atoms with E-state index in [2.05, 4.69) is 10.4 Å². The van der Waals surface area contributed by atoms with E-state index in [1.165, 1.54) is 17.1 Å². The van der Waals surface area contributed by atoms with E-state index < -0.39 is 39.8 Å². The number of alkyl halides is 6. The second kappa shape index (κ2) is 8.89. The molecular formula is C22H20ClF6N3O. The van der Waals surface area contributed by atoms with Gasteiger partial charge in [0.1, 0.15) is 6.54 Å². The fourth-order valence-electron chi connectivity index (χ4n) is 3.55. The van der Waals surface area contributed by atoms with E-state index in [1.54, 1.807) is 0 Å². The molecule has 1 N–H and O–H groups in total. The van der Waals surface area contributed by atoms with Crippen LogP contribution in [0.15, 0.2) is 47.6 Å². The van der Waals surface area contributed by atoms with Crippen LogP contribution >= 0.6 is 11.6 Å². The zero-order valence-electron chi connectivity index (χ0n) is 17.6. The molecule has 1 atom stereocenters. The number of benzene rings is 2. The van der Waals surface area contributed by atoms with Gasteiger partial charge in [-0.05, 0) is 48.4 Å². The van der Waals surface area contributed by atoms with Gasteiger partial charge in [-0.15, -0.1) is 0 Å². The summed E-state index contributed by atoms with van der Waals surface area (Å²) in [6, 6.07) is 7.44. The second-order valence-corrected chi connectivity index (χ2v) is 8.41. The Bertz CT molecular complexity index is 1070. The Kier molecular flexibility index (Phi) is 6.70. The van der Waals surface area contributed by atoms with Crippen molar-refractivity contribution in [2.24, 2.45) is 10.5 Å². The van der Waals surface area contributed by atoms with Crippen LogP contribution < -0.4 is 5.32 Å². The molecule has 0 bridgehead atoms. The molecule has 11 heteroatoms. The lowest BCUT2D eigenvalue weighted by Crippen LogP contribution is -2.34. The smallest absolute Gasteiger partial charge is 0.324 e. The van der Waals surface area contributed by atoms with E-state index in [0.29, 0.717) is 24.2 Å². The summed E-state index contributed by atoms with van der Waals surface area (Å²) in [6.45, 7) is 3.92. The van der Waals surface area contributed by atoms with E-state index >= 15 is 0 Å². The Morgan fingerprint density at radius 1 is 1.09 bits per heavy atom. The van der Waals surface area contributed by atoms with Crippen molar-refractivity contribution in [3.63, 3.8) is 0 Å². The van der Waals surface area contributed by atoms with Crippen molar-refractivity contribution in [1.82, 2.24) is 5.01 Å². The van der Waals surface area contributed by atoms with E-state index in [9.17, 15) is 31.1 Å². The third-order valence-corrected chi connectivity index (χ3v) is 5.81. The van der Waals surface area contributed by atoms with Crippen molar-refractivity contribution in [3.8, 4) is 0 Å². The van der Waals surface area contributed by atoms with Crippen LogP contribution in [0.1, 0.15) is 37.0 Å².